The number of nitrogens with one attached hydrogen (secondary N) is 1. The van der Waals surface area contributed by atoms with Gasteiger partial charge in [0.2, 0.25) is 0 Å². The molecule has 2 aromatic carbocycles. The Morgan fingerprint density at radius 1 is 1.21 bits per heavy atom. The van der Waals surface area contributed by atoms with Crippen molar-refractivity contribution in [1.29, 1.82) is 0 Å². The molecule has 0 bridgehead atoms. The van der Waals surface area contributed by atoms with Gasteiger partial charge < -0.3 is 25.0 Å². The minimum Gasteiger partial charge on any atom is -0.489 e. The summed E-state index contributed by atoms with van der Waals surface area (Å²) in [5.74, 6) is 0.568. The van der Waals surface area contributed by atoms with Gasteiger partial charge in [-0.25, -0.2) is 4.79 Å². The molecular formula is C21H24ClNO5. The second-order valence-corrected chi connectivity index (χ2v) is 7.21. The lowest BCUT2D eigenvalue weighted by Gasteiger charge is -2.27. The van der Waals surface area contributed by atoms with Crippen LogP contribution < -0.4 is 10.1 Å². The smallest absolute Gasteiger partial charge is 0.407 e. The summed E-state index contributed by atoms with van der Waals surface area (Å²) in [5, 5.41) is 23.0. The van der Waals surface area contributed by atoms with Gasteiger partial charge in [-0.2, -0.15) is 0 Å². The normalized spacial score (nSPS) is 16.0. The molecule has 0 saturated heterocycles. The first-order valence-electron chi connectivity index (χ1n) is 9.29. The van der Waals surface area contributed by atoms with Gasteiger partial charge in [0.25, 0.3) is 0 Å². The van der Waals surface area contributed by atoms with E-state index in [1.807, 2.05) is 30.3 Å². The number of carbonyl (C=O) groups is 1. The highest BCUT2D eigenvalue weighted by Gasteiger charge is 2.25. The number of rotatable bonds is 8. The van der Waals surface area contributed by atoms with E-state index in [4.69, 9.17) is 21.1 Å². The Bertz CT molecular complexity index is 782. The molecular weight excluding hydrogens is 382 g/mol. The lowest BCUT2D eigenvalue weighted by Crippen LogP contribution is -2.42. The molecule has 1 amide bonds. The molecule has 1 aliphatic rings. The summed E-state index contributed by atoms with van der Waals surface area (Å²) in [6, 6.07) is 13.2. The summed E-state index contributed by atoms with van der Waals surface area (Å²) in [6.07, 6.45) is 1.51. The van der Waals surface area contributed by atoms with Gasteiger partial charge in [0.15, 0.2) is 0 Å². The average molecular weight is 406 g/mol. The van der Waals surface area contributed by atoms with E-state index in [0.29, 0.717) is 16.3 Å². The van der Waals surface area contributed by atoms with Crippen LogP contribution in [0.2, 0.25) is 5.02 Å². The van der Waals surface area contributed by atoms with E-state index in [0.717, 1.165) is 24.8 Å². The van der Waals surface area contributed by atoms with E-state index in [1.54, 1.807) is 18.2 Å². The first kappa shape index (κ1) is 20.5. The van der Waals surface area contributed by atoms with Crippen molar-refractivity contribution in [3.63, 3.8) is 0 Å². The molecule has 2 atom stereocenters. The van der Waals surface area contributed by atoms with Crippen LogP contribution in [0.5, 0.6) is 5.75 Å². The molecule has 0 heterocycles. The minimum atomic E-state index is -1.15. The molecule has 3 rings (SSSR count). The summed E-state index contributed by atoms with van der Waals surface area (Å²) in [7, 11) is 0. The Kier molecular flexibility index (Phi) is 7.14. The Hall–Kier alpha value is -2.28. The van der Waals surface area contributed by atoms with Crippen LogP contribution in [0.1, 0.15) is 36.5 Å². The molecule has 0 aromatic heterocycles. The summed E-state index contributed by atoms with van der Waals surface area (Å²) in [6.45, 7) is -0.362. The maximum Gasteiger partial charge on any atom is 0.407 e. The third kappa shape index (κ3) is 5.38. The van der Waals surface area contributed by atoms with Crippen molar-refractivity contribution in [3.05, 3.63) is 64.7 Å². The van der Waals surface area contributed by atoms with Crippen LogP contribution in [0, 0.1) is 0 Å². The van der Waals surface area contributed by atoms with E-state index >= 15 is 0 Å². The Labute approximate surface area is 169 Å². The fraction of sp³-hybridized carbons (Fsp3) is 0.381. The van der Waals surface area contributed by atoms with Gasteiger partial charge in [-0.15, -0.1) is 0 Å². The van der Waals surface area contributed by atoms with Gasteiger partial charge in [-0.05, 0) is 42.5 Å². The monoisotopic (exact) mass is 405 g/mol. The van der Waals surface area contributed by atoms with Crippen LogP contribution in [0.3, 0.4) is 0 Å². The highest BCUT2D eigenvalue weighted by molar-refractivity contribution is 6.32. The summed E-state index contributed by atoms with van der Waals surface area (Å²) in [5.41, 5.74) is 1.31. The van der Waals surface area contributed by atoms with Gasteiger partial charge in [0, 0.05) is 0 Å². The number of aliphatic hydroxyl groups is 2. The largest absolute Gasteiger partial charge is 0.489 e. The van der Waals surface area contributed by atoms with E-state index in [1.165, 1.54) is 0 Å². The number of aliphatic hydroxyl groups excluding tert-OH is 2. The van der Waals surface area contributed by atoms with E-state index in [2.05, 4.69) is 5.32 Å². The lowest BCUT2D eigenvalue weighted by atomic mass is 9.96. The number of halogens is 1. The molecule has 0 spiro atoms. The van der Waals surface area contributed by atoms with Gasteiger partial charge in [0.05, 0.1) is 23.8 Å². The van der Waals surface area contributed by atoms with Crippen LogP contribution in [0.4, 0.5) is 4.79 Å². The fourth-order valence-corrected chi connectivity index (χ4v) is 3.07. The predicted molar refractivity (Wildman–Crippen MR) is 105 cm³/mol. The SMILES string of the molecule is O=C(N[C@H](CO)[C@H](O)c1ccc(OC2CCC2)c(Cl)c1)OCc1ccccc1. The second kappa shape index (κ2) is 9.78. The molecule has 6 nitrogen and oxygen atoms in total. The number of benzene rings is 2. The molecule has 1 saturated carbocycles. The first-order chi connectivity index (χ1) is 13.6. The van der Waals surface area contributed by atoms with Crippen molar-refractivity contribution in [2.45, 2.75) is 44.1 Å². The topological polar surface area (TPSA) is 88.0 Å². The average Bonchev–Trinajstić information content (AvgIpc) is 2.68. The van der Waals surface area contributed by atoms with Crippen LogP contribution in [-0.4, -0.2) is 35.1 Å². The first-order valence-corrected chi connectivity index (χ1v) is 9.67. The Morgan fingerprint density at radius 3 is 2.57 bits per heavy atom. The summed E-state index contributed by atoms with van der Waals surface area (Å²) in [4.78, 5) is 12.0. The standard InChI is InChI=1S/C21H24ClNO5/c22-17-11-15(9-10-19(17)28-16-7-4-8-16)20(25)18(12-24)23-21(26)27-13-14-5-2-1-3-6-14/h1-3,5-6,9-11,16,18,20,24-25H,4,7-8,12-13H2,(H,23,26)/t18-,20-/m1/s1. The molecule has 0 unspecified atom stereocenters. The molecule has 150 valence electrons. The summed E-state index contributed by atoms with van der Waals surface area (Å²) < 4.78 is 10.9. The number of hydrogen-bond donors (Lipinski definition) is 3. The molecule has 3 N–H and O–H groups in total. The minimum absolute atomic E-state index is 0.0972. The van der Waals surface area contributed by atoms with Crippen molar-refractivity contribution >= 4 is 17.7 Å². The lowest BCUT2D eigenvalue weighted by molar-refractivity contribution is 0.0762. The number of ether oxygens (including phenoxy) is 2. The van der Waals surface area contributed by atoms with E-state index in [-0.39, 0.29) is 12.7 Å². The number of hydrogen-bond acceptors (Lipinski definition) is 5. The maximum atomic E-state index is 12.0. The fourth-order valence-electron chi connectivity index (χ4n) is 2.84. The predicted octanol–water partition coefficient (Wildman–Crippen LogP) is 3.59. The highest BCUT2D eigenvalue weighted by Crippen LogP contribution is 2.33. The molecule has 0 aliphatic heterocycles. The zero-order valence-corrected chi connectivity index (χ0v) is 16.1. The third-order valence-corrected chi connectivity index (χ3v) is 5.03. The molecule has 28 heavy (non-hydrogen) atoms. The maximum absolute atomic E-state index is 12.0. The number of alkyl carbamates (subject to hydrolysis) is 1. The molecule has 1 aliphatic carbocycles. The van der Waals surface area contributed by atoms with Gasteiger partial charge >= 0.3 is 6.09 Å². The number of carbonyl (C=O) groups excluding carboxylic acids is 1. The Balaban J connectivity index is 1.56. The van der Waals surface area contributed by atoms with Crippen molar-refractivity contribution in [3.8, 4) is 5.75 Å². The molecule has 2 aromatic rings. The third-order valence-electron chi connectivity index (χ3n) is 4.74. The van der Waals surface area contributed by atoms with Crippen LogP contribution >= 0.6 is 11.6 Å². The van der Waals surface area contributed by atoms with Gasteiger partial charge in [-0.3, -0.25) is 0 Å². The van der Waals surface area contributed by atoms with Crippen molar-refractivity contribution in [2.75, 3.05) is 6.61 Å². The number of amides is 1. The quantitative estimate of drug-likeness (QED) is 0.624. The van der Waals surface area contributed by atoms with Gasteiger partial charge in [0.1, 0.15) is 18.5 Å². The molecule has 1 fully saturated rings. The van der Waals surface area contributed by atoms with Crippen molar-refractivity contribution < 1.29 is 24.5 Å². The zero-order chi connectivity index (χ0) is 19.9. The molecule has 0 radical (unpaired) electrons. The second-order valence-electron chi connectivity index (χ2n) is 6.80. The highest BCUT2D eigenvalue weighted by atomic mass is 35.5. The van der Waals surface area contributed by atoms with Crippen LogP contribution in [0.25, 0.3) is 0 Å². The van der Waals surface area contributed by atoms with Crippen molar-refractivity contribution in [1.82, 2.24) is 5.32 Å². The molecule has 7 heteroatoms. The van der Waals surface area contributed by atoms with E-state index in [9.17, 15) is 15.0 Å². The Morgan fingerprint density at radius 2 is 1.96 bits per heavy atom. The van der Waals surface area contributed by atoms with Crippen LogP contribution in [-0.2, 0) is 11.3 Å². The zero-order valence-electron chi connectivity index (χ0n) is 15.4. The van der Waals surface area contributed by atoms with Crippen LogP contribution in [0.15, 0.2) is 48.5 Å². The summed E-state index contributed by atoms with van der Waals surface area (Å²) >= 11 is 6.26. The van der Waals surface area contributed by atoms with Crippen molar-refractivity contribution in [2.24, 2.45) is 0 Å². The van der Waals surface area contributed by atoms with Gasteiger partial charge in [-0.1, -0.05) is 48.0 Å². The van der Waals surface area contributed by atoms with E-state index < -0.39 is 24.8 Å².